The minimum absolute atomic E-state index is 0.0200. The van der Waals surface area contributed by atoms with Crippen LogP contribution >= 0.6 is 22.9 Å². The summed E-state index contributed by atoms with van der Waals surface area (Å²) in [5, 5.41) is 9.95. The van der Waals surface area contributed by atoms with E-state index in [1.165, 1.54) is 24.3 Å². The summed E-state index contributed by atoms with van der Waals surface area (Å²) in [6, 6.07) is 9.39. The lowest BCUT2D eigenvalue weighted by Crippen LogP contribution is -2.31. The van der Waals surface area contributed by atoms with Crippen molar-refractivity contribution in [3.8, 4) is 17.1 Å². The molecule has 1 saturated heterocycles. The van der Waals surface area contributed by atoms with Crippen LogP contribution in [0.5, 0.6) is 5.88 Å². The van der Waals surface area contributed by atoms with E-state index in [4.69, 9.17) is 21.1 Å². The van der Waals surface area contributed by atoms with Crippen molar-refractivity contribution in [2.24, 2.45) is 0 Å². The standard InChI is InChI=1S/C30H23ClF4N4O4S/c1-30(34,35)24-12-36-27(44-24)14-43-26-4-2-3-22(37-26)18-11-20(32)15(8-21(18)33)10-25-38-28-19(31)7-16(29(40)41)9-23(28)39(25)13-17-5-6-42-17/h2-4,7-9,11-12,17H,5-6,10,13-14H2,1H3,(H,40,41)/t17-/m0/s1. The molecule has 3 aromatic heterocycles. The van der Waals surface area contributed by atoms with Gasteiger partial charge in [-0.25, -0.2) is 37.3 Å². The number of hydrogen-bond acceptors (Lipinski definition) is 7. The van der Waals surface area contributed by atoms with Crippen molar-refractivity contribution >= 4 is 39.9 Å². The topological polar surface area (TPSA) is 99.4 Å². The first kappa shape index (κ1) is 30.0. The normalized spacial score (nSPS) is 15.0. The second kappa shape index (κ2) is 11.8. The van der Waals surface area contributed by atoms with Gasteiger partial charge in [-0.3, -0.25) is 0 Å². The molecule has 5 aromatic rings. The van der Waals surface area contributed by atoms with Gasteiger partial charge in [-0.05, 0) is 42.3 Å². The Bertz CT molecular complexity index is 1890. The molecular formula is C30H23ClF4N4O4S. The molecule has 2 aromatic carbocycles. The summed E-state index contributed by atoms with van der Waals surface area (Å²) < 4.78 is 70.8. The number of carboxylic acids is 1. The Balaban J connectivity index is 1.26. The number of fused-ring (bicyclic) bond motifs is 1. The average molecular weight is 647 g/mol. The van der Waals surface area contributed by atoms with Crippen LogP contribution in [0.25, 0.3) is 22.3 Å². The Morgan fingerprint density at radius 1 is 1.20 bits per heavy atom. The van der Waals surface area contributed by atoms with Crippen molar-refractivity contribution in [3.63, 3.8) is 0 Å². The fourth-order valence-electron chi connectivity index (χ4n) is 4.77. The quantitative estimate of drug-likeness (QED) is 0.160. The van der Waals surface area contributed by atoms with E-state index in [0.717, 1.165) is 43.0 Å². The lowest BCUT2D eigenvalue weighted by Gasteiger charge is -2.27. The molecule has 0 bridgehead atoms. The summed E-state index contributed by atoms with van der Waals surface area (Å²) in [7, 11) is 0. The highest BCUT2D eigenvalue weighted by molar-refractivity contribution is 7.11. The van der Waals surface area contributed by atoms with Crippen molar-refractivity contribution in [1.29, 1.82) is 0 Å². The number of pyridine rings is 1. The Hall–Kier alpha value is -4.07. The zero-order chi connectivity index (χ0) is 31.2. The van der Waals surface area contributed by atoms with E-state index in [9.17, 15) is 18.7 Å². The number of aromatic carboxylic acids is 1. The molecular weight excluding hydrogens is 624 g/mol. The SMILES string of the molecule is CC(F)(F)c1cnc(COc2cccc(-c3cc(F)c(Cc4nc5c(Cl)cc(C(=O)O)cc5n4C[C@@H]4CCO4)cc3F)n2)s1. The van der Waals surface area contributed by atoms with Gasteiger partial charge in [0.1, 0.15) is 34.6 Å². The van der Waals surface area contributed by atoms with Crippen molar-refractivity contribution in [2.45, 2.75) is 44.9 Å². The molecule has 0 spiro atoms. The van der Waals surface area contributed by atoms with Crippen molar-refractivity contribution in [1.82, 2.24) is 19.5 Å². The van der Waals surface area contributed by atoms with Crippen molar-refractivity contribution in [3.05, 3.63) is 92.2 Å². The number of imidazole rings is 1. The van der Waals surface area contributed by atoms with E-state index in [2.05, 4.69) is 15.0 Å². The summed E-state index contributed by atoms with van der Waals surface area (Å²) in [4.78, 5) is 24.2. The van der Waals surface area contributed by atoms with Crippen LogP contribution in [-0.4, -0.2) is 43.3 Å². The summed E-state index contributed by atoms with van der Waals surface area (Å²) in [6.45, 7) is 1.59. The van der Waals surface area contributed by atoms with Gasteiger partial charge in [0.15, 0.2) is 0 Å². The highest BCUT2D eigenvalue weighted by Crippen LogP contribution is 2.33. The second-order valence-corrected chi connectivity index (χ2v) is 11.8. The highest BCUT2D eigenvalue weighted by Gasteiger charge is 2.27. The maximum atomic E-state index is 15.5. The molecule has 0 unspecified atom stereocenters. The smallest absolute Gasteiger partial charge is 0.335 e. The van der Waals surface area contributed by atoms with Gasteiger partial charge in [0, 0.05) is 37.8 Å². The van der Waals surface area contributed by atoms with Gasteiger partial charge in [0.25, 0.3) is 5.92 Å². The molecule has 1 aliphatic heterocycles. The van der Waals surface area contributed by atoms with E-state index in [1.54, 1.807) is 10.6 Å². The molecule has 0 amide bonds. The van der Waals surface area contributed by atoms with Crippen molar-refractivity contribution < 1.29 is 36.9 Å². The number of nitrogens with zero attached hydrogens (tertiary/aromatic N) is 4. The molecule has 0 aliphatic carbocycles. The van der Waals surface area contributed by atoms with Crippen LogP contribution in [-0.2, 0) is 30.2 Å². The number of ether oxygens (including phenoxy) is 2. The summed E-state index contributed by atoms with van der Waals surface area (Å²) in [5.41, 5.74) is 0.797. The largest absolute Gasteiger partial charge is 0.478 e. The molecule has 4 heterocycles. The third kappa shape index (κ3) is 6.12. The number of rotatable bonds is 10. The summed E-state index contributed by atoms with van der Waals surface area (Å²) in [6.07, 6.45) is 1.64. The van der Waals surface area contributed by atoms with Crippen LogP contribution in [0.15, 0.2) is 48.7 Å². The van der Waals surface area contributed by atoms with E-state index in [1.807, 2.05) is 0 Å². The molecule has 14 heteroatoms. The van der Waals surface area contributed by atoms with Crippen LogP contribution < -0.4 is 4.74 Å². The Morgan fingerprint density at radius 2 is 2.00 bits per heavy atom. The van der Waals surface area contributed by atoms with Gasteiger partial charge in [0.2, 0.25) is 5.88 Å². The molecule has 8 nitrogen and oxygen atoms in total. The second-order valence-electron chi connectivity index (χ2n) is 10.3. The van der Waals surface area contributed by atoms with Gasteiger partial charge < -0.3 is 19.1 Å². The Labute approximate surface area is 256 Å². The molecule has 44 heavy (non-hydrogen) atoms. The summed E-state index contributed by atoms with van der Waals surface area (Å²) >= 11 is 7.17. The van der Waals surface area contributed by atoms with Crippen LogP contribution in [0, 0.1) is 11.6 Å². The number of aromatic nitrogens is 4. The number of halogens is 5. The lowest BCUT2D eigenvalue weighted by molar-refractivity contribution is -0.0589. The predicted octanol–water partition coefficient (Wildman–Crippen LogP) is 7.26. The van der Waals surface area contributed by atoms with Gasteiger partial charge in [0.05, 0.1) is 39.3 Å². The van der Waals surface area contributed by atoms with Gasteiger partial charge in [-0.15, -0.1) is 11.3 Å². The monoisotopic (exact) mass is 646 g/mol. The Kier molecular flexibility index (Phi) is 8.03. The minimum Gasteiger partial charge on any atom is -0.478 e. The first-order valence-electron chi connectivity index (χ1n) is 13.4. The highest BCUT2D eigenvalue weighted by atomic mass is 35.5. The average Bonchev–Trinajstić information content (AvgIpc) is 3.57. The number of hydrogen-bond donors (Lipinski definition) is 1. The zero-order valence-corrected chi connectivity index (χ0v) is 24.6. The third-order valence-electron chi connectivity index (χ3n) is 7.13. The summed E-state index contributed by atoms with van der Waals surface area (Å²) in [5.74, 6) is -5.18. The van der Waals surface area contributed by atoms with Gasteiger partial charge in [-0.1, -0.05) is 17.7 Å². The van der Waals surface area contributed by atoms with Crippen LogP contribution in [0.2, 0.25) is 5.02 Å². The fourth-order valence-corrected chi connectivity index (χ4v) is 5.79. The molecule has 6 rings (SSSR count). The van der Waals surface area contributed by atoms with Crippen LogP contribution in [0.4, 0.5) is 17.6 Å². The van der Waals surface area contributed by atoms with E-state index in [-0.39, 0.29) is 57.3 Å². The molecule has 1 atom stereocenters. The van der Waals surface area contributed by atoms with E-state index >= 15 is 8.78 Å². The van der Waals surface area contributed by atoms with E-state index in [0.29, 0.717) is 35.0 Å². The van der Waals surface area contributed by atoms with Gasteiger partial charge in [-0.2, -0.15) is 0 Å². The Morgan fingerprint density at radius 3 is 2.68 bits per heavy atom. The van der Waals surface area contributed by atoms with Crippen LogP contribution in [0.3, 0.4) is 0 Å². The molecule has 1 aliphatic rings. The molecule has 1 N–H and O–H groups in total. The van der Waals surface area contributed by atoms with E-state index < -0.39 is 23.5 Å². The first-order chi connectivity index (χ1) is 21.0. The lowest BCUT2D eigenvalue weighted by atomic mass is 10.0. The maximum Gasteiger partial charge on any atom is 0.335 e. The number of alkyl halides is 2. The minimum atomic E-state index is -3.02. The number of thiazole rings is 1. The zero-order valence-electron chi connectivity index (χ0n) is 23.0. The molecule has 0 radical (unpaired) electrons. The fraction of sp³-hybridized carbons (Fsp3) is 0.267. The number of carbonyl (C=O) groups is 1. The molecule has 1 fully saturated rings. The molecule has 0 saturated carbocycles. The number of carboxylic acid groups (broad SMARTS) is 1. The predicted molar refractivity (Wildman–Crippen MR) is 154 cm³/mol. The van der Waals surface area contributed by atoms with Crippen LogP contribution in [0.1, 0.15) is 45.0 Å². The third-order valence-corrected chi connectivity index (χ3v) is 8.56. The van der Waals surface area contributed by atoms with Gasteiger partial charge >= 0.3 is 5.97 Å². The first-order valence-corrected chi connectivity index (χ1v) is 14.6. The molecule has 228 valence electrons. The maximum absolute atomic E-state index is 15.5. The number of benzene rings is 2. The van der Waals surface area contributed by atoms with Crippen molar-refractivity contribution in [2.75, 3.05) is 6.61 Å².